The van der Waals surface area contributed by atoms with Gasteiger partial charge in [-0.25, -0.2) is 4.98 Å². The van der Waals surface area contributed by atoms with Gasteiger partial charge in [0.2, 0.25) is 0 Å². The van der Waals surface area contributed by atoms with Crippen LogP contribution in [0.25, 0.3) is 66.2 Å². The Morgan fingerprint density at radius 2 is 1.43 bits per heavy atom. The summed E-state index contributed by atoms with van der Waals surface area (Å²) in [6.07, 6.45) is 1.87. The molecule has 1 aliphatic rings. The number of aryl methyl sites for hydroxylation is 2. The Kier molecular flexibility index (Phi) is 7.76. The molecular formula is C43H34N4OPt. The van der Waals surface area contributed by atoms with Gasteiger partial charge in [0.05, 0.1) is 18.2 Å². The largest absolute Gasteiger partial charge is 2.00 e. The zero-order valence-electron chi connectivity index (χ0n) is 27.8. The van der Waals surface area contributed by atoms with Gasteiger partial charge >= 0.3 is 21.1 Å². The van der Waals surface area contributed by atoms with Gasteiger partial charge in [0.25, 0.3) is 0 Å². The van der Waals surface area contributed by atoms with Crippen molar-refractivity contribution in [2.24, 2.45) is 10.9 Å². The number of ether oxygens (including phenoxy) is 1. The van der Waals surface area contributed by atoms with E-state index in [4.69, 9.17) is 14.7 Å². The molecule has 0 saturated carbocycles. The predicted octanol–water partition coefficient (Wildman–Crippen LogP) is 9.96. The summed E-state index contributed by atoms with van der Waals surface area (Å²) in [6.45, 7) is 9.25. The molecule has 6 heteroatoms. The van der Waals surface area contributed by atoms with Crippen LogP contribution >= 0.6 is 0 Å². The maximum atomic E-state index is 6.22. The molecule has 242 valence electrons. The first-order chi connectivity index (χ1) is 23.4. The molecule has 0 unspecified atom stereocenters. The second-order valence-electron chi connectivity index (χ2n) is 13.3. The summed E-state index contributed by atoms with van der Waals surface area (Å²) in [5.74, 6) is 1.05. The average Bonchev–Trinajstić information content (AvgIpc) is 3.81. The molecule has 0 radical (unpaired) electrons. The minimum absolute atomic E-state index is 0. The molecule has 0 N–H and O–H groups in total. The van der Waals surface area contributed by atoms with Gasteiger partial charge in [0.15, 0.2) is 0 Å². The molecule has 5 nitrogen and oxygen atoms in total. The quantitative estimate of drug-likeness (QED) is 0.163. The SMILES string of the molecule is Cc1ccc2c(c1)c1ccc(-n3c4ccc(C)cc4c4cccnc43)[c-]c1n2-c1[c-]c(C2=N[C@H](C(C)C)CO2)cc(-c2ccccc2)c1.[Pt+2]. The van der Waals surface area contributed by atoms with Gasteiger partial charge in [-0.2, -0.15) is 6.07 Å². The van der Waals surface area contributed by atoms with Crippen LogP contribution in [0.3, 0.4) is 0 Å². The summed E-state index contributed by atoms with van der Waals surface area (Å²) in [4.78, 5) is 9.86. The van der Waals surface area contributed by atoms with Crippen molar-refractivity contribution in [1.82, 2.24) is 14.1 Å². The molecule has 0 saturated heterocycles. The Hall–Kier alpha value is -4.99. The zero-order valence-corrected chi connectivity index (χ0v) is 30.0. The van der Waals surface area contributed by atoms with Gasteiger partial charge < -0.3 is 13.9 Å². The van der Waals surface area contributed by atoms with Crippen molar-refractivity contribution in [2.75, 3.05) is 6.61 Å². The van der Waals surface area contributed by atoms with Crippen molar-refractivity contribution in [3.63, 3.8) is 0 Å². The molecule has 0 bridgehead atoms. The molecule has 5 aromatic carbocycles. The average molecular weight is 818 g/mol. The maximum absolute atomic E-state index is 6.22. The van der Waals surface area contributed by atoms with Crippen LogP contribution in [0.1, 0.15) is 30.5 Å². The van der Waals surface area contributed by atoms with E-state index in [0.717, 1.165) is 61.0 Å². The molecule has 0 amide bonds. The van der Waals surface area contributed by atoms with Gasteiger partial charge in [0, 0.05) is 22.5 Å². The first kappa shape index (κ1) is 31.3. The van der Waals surface area contributed by atoms with Crippen molar-refractivity contribution < 1.29 is 25.8 Å². The maximum Gasteiger partial charge on any atom is 2.00 e. The Bertz CT molecular complexity index is 2580. The van der Waals surface area contributed by atoms with E-state index in [2.05, 4.69) is 140 Å². The minimum atomic E-state index is 0. The van der Waals surface area contributed by atoms with E-state index >= 15 is 0 Å². The van der Waals surface area contributed by atoms with Crippen LogP contribution in [0.4, 0.5) is 0 Å². The third-order valence-corrected chi connectivity index (χ3v) is 9.62. The molecule has 0 spiro atoms. The molecule has 0 aliphatic carbocycles. The van der Waals surface area contributed by atoms with Gasteiger partial charge in [-0.1, -0.05) is 95.8 Å². The number of benzene rings is 5. The topological polar surface area (TPSA) is 44.3 Å². The van der Waals surface area contributed by atoms with E-state index in [1.54, 1.807) is 0 Å². The molecular weight excluding hydrogens is 784 g/mol. The normalized spacial score (nSPS) is 14.6. The van der Waals surface area contributed by atoms with Crippen LogP contribution in [0.15, 0.2) is 114 Å². The van der Waals surface area contributed by atoms with Crippen LogP contribution in [0.2, 0.25) is 0 Å². The molecule has 49 heavy (non-hydrogen) atoms. The van der Waals surface area contributed by atoms with Crippen molar-refractivity contribution in [3.8, 4) is 22.5 Å². The second kappa shape index (κ2) is 12.2. The third kappa shape index (κ3) is 5.19. The van der Waals surface area contributed by atoms with E-state index < -0.39 is 0 Å². The third-order valence-electron chi connectivity index (χ3n) is 9.62. The molecule has 8 aromatic rings. The summed E-state index contributed by atoms with van der Waals surface area (Å²) in [6, 6.07) is 44.5. The molecule has 1 atom stereocenters. The van der Waals surface area contributed by atoms with Gasteiger partial charge in [0.1, 0.15) is 11.5 Å². The number of fused-ring (bicyclic) bond motifs is 6. The molecule has 1 aliphatic heterocycles. The molecule has 4 heterocycles. The number of pyridine rings is 1. The number of hydrogen-bond donors (Lipinski definition) is 0. The minimum Gasteiger partial charge on any atom is -0.518 e. The first-order valence-corrected chi connectivity index (χ1v) is 16.6. The van der Waals surface area contributed by atoms with Crippen molar-refractivity contribution in [1.29, 1.82) is 0 Å². The second-order valence-corrected chi connectivity index (χ2v) is 13.3. The van der Waals surface area contributed by atoms with E-state index in [1.807, 2.05) is 18.3 Å². The standard InChI is InChI=1S/C43H34N4O.Pt/c1-26(2)38-25-48-43(45-38)31-21-30(29-9-6-5-7-10-29)22-33(23-31)46-39-16-12-27(3)19-36(39)34-15-14-32(24-41(34)46)47-40-17-13-28(4)20-37(40)35-11-8-18-44-42(35)47;/h5-22,26,38H,25H2,1-4H3;/q-2;+2/t38-;/m0./s1. The summed E-state index contributed by atoms with van der Waals surface area (Å²) in [5, 5.41) is 4.63. The van der Waals surface area contributed by atoms with Gasteiger partial charge in [-0.05, 0) is 66.7 Å². The Morgan fingerprint density at radius 1 is 0.694 bits per heavy atom. The van der Waals surface area contributed by atoms with Crippen LogP contribution in [-0.2, 0) is 25.8 Å². The Morgan fingerprint density at radius 3 is 2.16 bits per heavy atom. The number of hydrogen-bond acceptors (Lipinski definition) is 3. The number of nitrogens with zero attached hydrogens (tertiary/aromatic N) is 4. The van der Waals surface area contributed by atoms with Crippen LogP contribution < -0.4 is 0 Å². The Labute approximate surface area is 300 Å². The van der Waals surface area contributed by atoms with Gasteiger partial charge in [-0.15, -0.1) is 35.7 Å². The van der Waals surface area contributed by atoms with Crippen molar-refractivity contribution in [2.45, 2.75) is 33.7 Å². The van der Waals surface area contributed by atoms with E-state index in [1.165, 1.54) is 21.9 Å². The number of aliphatic imine (C=N–C) groups is 1. The van der Waals surface area contributed by atoms with Crippen molar-refractivity contribution >= 4 is 49.6 Å². The van der Waals surface area contributed by atoms with E-state index in [0.29, 0.717) is 18.4 Å². The smallest absolute Gasteiger partial charge is 0.518 e. The summed E-state index contributed by atoms with van der Waals surface area (Å²) < 4.78 is 10.7. The Balaban J connectivity index is 0.00000348. The fourth-order valence-electron chi connectivity index (χ4n) is 7.10. The molecule has 9 rings (SSSR count). The van der Waals surface area contributed by atoms with E-state index in [-0.39, 0.29) is 27.1 Å². The first-order valence-electron chi connectivity index (χ1n) is 16.6. The summed E-state index contributed by atoms with van der Waals surface area (Å²) in [7, 11) is 0. The zero-order chi connectivity index (χ0) is 32.5. The van der Waals surface area contributed by atoms with Gasteiger partial charge in [-0.3, -0.25) is 4.99 Å². The fraction of sp³-hybridized carbons (Fsp3) is 0.163. The summed E-state index contributed by atoms with van der Waals surface area (Å²) >= 11 is 0. The van der Waals surface area contributed by atoms with Crippen LogP contribution in [0, 0.1) is 31.9 Å². The summed E-state index contributed by atoms with van der Waals surface area (Å²) in [5.41, 5.74) is 11.5. The van der Waals surface area contributed by atoms with Crippen molar-refractivity contribution in [3.05, 3.63) is 138 Å². The van der Waals surface area contributed by atoms with Crippen LogP contribution in [0.5, 0.6) is 0 Å². The fourth-order valence-corrected chi connectivity index (χ4v) is 7.10. The number of aromatic nitrogens is 3. The van der Waals surface area contributed by atoms with E-state index in [9.17, 15) is 0 Å². The predicted molar refractivity (Wildman–Crippen MR) is 197 cm³/mol. The molecule has 0 fully saturated rings. The molecule has 3 aromatic heterocycles. The van der Waals surface area contributed by atoms with Crippen LogP contribution in [-0.4, -0.2) is 32.7 Å². The number of rotatable bonds is 5. The monoisotopic (exact) mass is 817 g/mol.